The van der Waals surface area contributed by atoms with E-state index in [1.54, 1.807) is 17.0 Å². The predicted octanol–water partition coefficient (Wildman–Crippen LogP) is 1.08. The fourth-order valence-electron chi connectivity index (χ4n) is 2.99. The van der Waals surface area contributed by atoms with Gasteiger partial charge in [0, 0.05) is 32.2 Å². The van der Waals surface area contributed by atoms with Gasteiger partial charge in [-0.05, 0) is 40.9 Å². The number of hydrogen-bond donors (Lipinski definition) is 1. The number of nitrogens with zero attached hydrogens (tertiary/aromatic N) is 2. The maximum absolute atomic E-state index is 12.4. The zero-order valence-electron chi connectivity index (χ0n) is 11.7. The minimum absolute atomic E-state index is 0.104. The highest BCUT2D eigenvalue weighted by Gasteiger charge is 2.32. The fourth-order valence-corrected chi connectivity index (χ4v) is 3.29. The molecule has 0 aromatic carbocycles. The van der Waals surface area contributed by atoms with Crippen molar-refractivity contribution >= 4 is 27.7 Å². The van der Waals surface area contributed by atoms with E-state index in [2.05, 4.69) is 21.2 Å². The minimum Gasteiger partial charge on any atom is -0.444 e. The first-order chi connectivity index (χ1) is 10.1. The number of furan rings is 1. The zero-order valence-corrected chi connectivity index (χ0v) is 13.3. The Morgan fingerprint density at radius 3 is 2.95 bits per heavy atom. The van der Waals surface area contributed by atoms with Crippen molar-refractivity contribution in [3.05, 3.63) is 22.6 Å². The third kappa shape index (κ3) is 3.13. The highest BCUT2D eigenvalue weighted by atomic mass is 79.9. The molecular weight excluding hydrogens is 338 g/mol. The van der Waals surface area contributed by atoms with Crippen LogP contribution in [0.5, 0.6) is 0 Å². The summed E-state index contributed by atoms with van der Waals surface area (Å²) in [6.07, 6.45) is 1.87. The summed E-state index contributed by atoms with van der Waals surface area (Å²) >= 11 is 3.21. The summed E-state index contributed by atoms with van der Waals surface area (Å²) in [5.74, 6) is 0.364. The van der Waals surface area contributed by atoms with Crippen LogP contribution in [0.4, 0.5) is 0 Å². The van der Waals surface area contributed by atoms with Gasteiger partial charge in [0.1, 0.15) is 0 Å². The van der Waals surface area contributed by atoms with E-state index in [-0.39, 0.29) is 17.9 Å². The second-order valence-electron chi connectivity index (χ2n) is 5.41. The Morgan fingerprint density at radius 2 is 2.24 bits per heavy atom. The van der Waals surface area contributed by atoms with Crippen molar-refractivity contribution in [1.82, 2.24) is 15.1 Å². The van der Waals surface area contributed by atoms with E-state index in [4.69, 9.17) is 4.42 Å². The van der Waals surface area contributed by atoms with Gasteiger partial charge in [-0.25, -0.2) is 0 Å². The van der Waals surface area contributed by atoms with Crippen LogP contribution in [0, 0.1) is 0 Å². The Kier molecular flexibility index (Phi) is 4.30. The van der Waals surface area contributed by atoms with Gasteiger partial charge in [-0.15, -0.1) is 0 Å². The van der Waals surface area contributed by atoms with Crippen molar-refractivity contribution in [3.8, 4) is 0 Å². The molecule has 2 fully saturated rings. The number of carbonyl (C=O) groups is 2. The molecule has 2 aliphatic heterocycles. The molecule has 1 unspecified atom stereocenters. The van der Waals surface area contributed by atoms with Gasteiger partial charge < -0.3 is 19.5 Å². The van der Waals surface area contributed by atoms with Gasteiger partial charge in [-0.3, -0.25) is 9.59 Å². The van der Waals surface area contributed by atoms with Crippen LogP contribution in [0.15, 0.2) is 21.2 Å². The van der Waals surface area contributed by atoms with Crippen LogP contribution in [-0.4, -0.2) is 60.4 Å². The van der Waals surface area contributed by atoms with Gasteiger partial charge in [-0.1, -0.05) is 0 Å². The largest absolute Gasteiger partial charge is 0.444 e. The molecule has 1 aromatic heterocycles. The molecular formula is C14H18BrN3O3. The molecule has 1 atom stereocenters. The second-order valence-corrected chi connectivity index (χ2v) is 6.20. The Labute approximate surface area is 131 Å². The molecule has 3 rings (SSSR count). The molecule has 1 N–H and O–H groups in total. The lowest BCUT2D eigenvalue weighted by Crippen LogP contribution is -2.57. The molecule has 3 heterocycles. The van der Waals surface area contributed by atoms with Crippen LogP contribution in [0.2, 0.25) is 0 Å². The van der Waals surface area contributed by atoms with Crippen molar-refractivity contribution in [3.63, 3.8) is 0 Å². The van der Waals surface area contributed by atoms with E-state index >= 15 is 0 Å². The molecule has 1 aromatic rings. The second kappa shape index (κ2) is 6.19. The van der Waals surface area contributed by atoms with Crippen LogP contribution >= 0.6 is 15.9 Å². The summed E-state index contributed by atoms with van der Waals surface area (Å²) in [6.45, 7) is 3.24. The summed E-state index contributed by atoms with van der Waals surface area (Å²) in [5, 5.41) is 3.07. The van der Waals surface area contributed by atoms with Crippen molar-refractivity contribution in [2.24, 2.45) is 0 Å². The van der Waals surface area contributed by atoms with Crippen molar-refractivity contribution in [2.75, 3.05) is 32.7 Å². The van der Waals surface area contributed by atoms with Gasteiger partial charge in [-0.2, -0.15) is 0 Å². The summed E-state index contributed by atoms with van der Waals surface area (Å²) in [4.78, 5) is 28.1. The van der Waals surface area contributed by atoms with E-state index in [1.807, 2.05) is 4.90 Å². The number of amides is 2. The molecule has 114 valence electrons. The van der Waals surface area contributed by atoms with Crippen LogP contribution in [0.1, 0.15) is 23.4 Å². The maximum Gasteiger partial charge on any atom is 0.289 e. The highest BCUT2D eigenvalue weighted by Crippen LogP contribution is 2.21. The third-order valence-corrected chi connectivity index (χ3v) is 4.46. The smallest absolute Gasteiger partial charge is 0.289 e. The highest BCUT2D eigenvalue weighted by molar-refractivity contribution is 9.10. The summed E-state index contributed by atoms with van der Waals surface area (Å²) in [7, 11) is 0. The molecule has 21 heavy (non-hydrogen) atoms. The van der Waals surface area contributed by atoms with E-state index < -0.39 is 0 Å². The normalized spacial score (nSPS) is 23.5. The number of rotatable bonds is 2. The SMILES string of the molecule is O=C(c1ccc(Br)o1)N1CCCC(N2CCNCC2=O)C1. The zero-order chi connectivity index (χ0) is 14.8. The lowest BCUT2D eigenvalue weighted by molar-refractivity contribution is -0.135. The number of hydrogen-bond acceptors (Lipinski definition) is 4. The average Bonchev–Trinajstić information content (AvgIpc) is 2.94. The van der Waals surface area contributed by atoms with E-state index in [0.29, 0.717) is 30.1 Å². The van der Waals surface area contributed by atoms with Crippen molar-refractivity contribution in [2.45, 2.75) is 18.9 Å². The number of halogens is 1. The van der Waals surface area contributed by atoms with Gasteiger partial charge in [0.2, 0.25) is 5.91 Å². The molecule has 0 bridgehead atoms. The van der Waals surface area contributed by atoms with Crippen LogP contribution in [0.3, 0.4) is 0 Å². The van der Waals surface area contributed by atoms with Gasteiger partial charge in [0.05, 0.1) is 6.54 Å². The third-order valence-electron chi connectivity index (χ3n) is 4.03. The van der Waals surface area contributed by atoms with E-state index in [9.17, 15) is 9.59 Å². The molecule has 7 heteroatoms. The molecule has 0 aliphatic carbocycles. The van der Waals surface area contributed by atoms with Crippen LogP contribution in [-0.2, 0) is 4.79 Å². The van der Waals surface area contributed by atoms with Crippen LogP contribution in [0.25, 0.3) is 0 Å². The molecule has 2 amide bonds. The number of piperidine rings is 1. The first kappa shape index (κ1) is 14.6. The molecule has 6 nitrogen and oxygen atoms in total. The first-order valence-electron chi connectivity index (χ1n) is 7.20. The topological polar surface area (TPSA) is 65.8 Å². The number of piperazine rings is 1. The minimum atomic E-state index is -0.104. The van der Waals surface area contributed by atoms with Gasteiger partial charge in [0.25, 0.3) is 5.91 Å². The summed E-state index contributed by atoms with van der Waals surface area (Å²) in [6, 6.07) is 3.51. The number of nitrogens with one attached hydrogen (secondary N) is 1. The molecule has 2 saturated heterocycles. The monoisotopic (exact) mass is 355 g/mol. The Bertz CT molecular complexity index is 545. The number of likely N-dealkylation sites (tertiary alicyclic amines) is 1. The Hall–Kier alpha value is -1.34. The number of carbonyl (C=O) groups excluding carboxylic acids is 2. The fraction of sp³-hybridized carbons (Fsp3) is 0.571. The van der Waals surface area contributed by atoms with E-state index in [1.165, 1.54) is 0 Å². The maximum atomic E-state index is 12.4. The molecule has 0 radical (unpaired) electrons. The predicted molar refractivity (Wildman–Crippen MR) is 79.9 cm³/mol. The standard InChI is InChI=1S/C14H18BrN3O3/c15-12-4-3-11(21-12)14(20)17-6-1-2-10(9-17)18-7-5-16-8-13(18)19/h3-4,10,16H,1-2,5-9H2. The lowest BCUT2D eigenvalue weighted by atomic mass is 10.0. The van der Waals surface area contributed by atoms with Crippen LogP contribution < -0.4 is 5.32 Å². The van der Waals surface area contributed by atoms with Crippen molar-refractivity contribution < 1.29 is 14.0 Å². The summed E-state index contributed by atoms with van der Waals surface area (Å²) < 4.78 is 5.89. The lowest BCUT2D eigenvalue weighted by Gasteiger charge is -2.40. The summed E-state index contributed by atoms with van der Waals surface area (Å²) in [5.41, 5.74) is 0. The van der Waals surface area contributed by atoms with Gasteiger partial charge >= 0.3 is 0 Å². The van der Waals surface area contributed by atoms with E-state index in [0.717, 1.165) is 25.9 Å². The molecule has 0 spiro atoms. The first-order valence-corrected chi connectivity index (χ1v) is 7.99. The Morgan fingerprint density at radius 1 is 1.38 bits per heavy atom. The Balaban J connectivity index is 1.68. The van der Waals surface area contributed by atoms with Gasteiger partial charge in [0.15, 0.2) is 10.4 Å². The average molecular weight is 356 g/mol. The quantitative estimate of drug-likeness (QED) is 0.861. The molecule has 0 saturated carbocycles. The van der Waals surface area contributed by atoms with Crippen molar-refractivity contribution in [1.29, 1.82) is 0 Å². The molecule has 2 aliphatic rings.